The van der Waals surface area contributed by atoms with E-state index in [0.717, 1.165) is 16.9 Å². The Balaban J connectivity index is 1.43. The lowest BCUT2D eigenvalue weighted by Crippen LogP contribution is -2.74. The van der Waals surface area contributed by atoms with Crippen LogP contribution in [0.15, 0.2) is 66.7 Å². The van der Waals surface area contributed by atoms with Crippen LogP contribution < -0.4 is 14.8 Å². The topological polar surface area (TPSA) is 71.3 Å². The predicted octanol–water partition coefficient (Wildman–Crippen LogP) is 7.28. The van der Waals surface area contributed by atoms with Gasteiger partial charge in [0.15, 0.2) is 0 Å². The monoisotopic (exact) mass is 516 g/mol. The molecule has 1 aliphatic carbocycles. The van der Waals surface area contributed by atoms with Crippen LogP contribution in [0.3, 0.4) is 0 Å². The maximum atomic E-state index is 13.2. The summed E-state index contributed by atoms with van der Waals surface area (Å²) in [6.45, 7) is 12.4. The quantitative estimate of drug-likeness (QED) is 0.358. The van der Waals surface area contributed by atoms with E-state index in [0.29, 0.717) is 21.9 Å². The van der Waals surface area contributed by atoms with Crippen molar-refractivity contribution in [2.45, 2.75) is 59.8 Å². The summed E-state index contributed by atoms with van der Waals surface area (Å²) in [5.41, 5.74) is 2.48. The molecule has 0 radical (unpaired) electrons. The van der Waals surface area contributed by atoms with E-state index in [9.17, 15) is 4.79 Å². The number of nitrogens with zero attached hydrogens (tertiary/aromatic N) is 1. The predicted molar refractivity (Wildman–Crippen MR) is 147 cm³/mol. The largest absolute Gasteiger partial charge is 0.491 e. The lowest BCUT2D eigenvalue weighted by Gasteiger charge is -2.63. The molecule has 1 aliphatic rings. The Kier molecular flexibility index (Phi) is 7.26. The Morgan fingerprint density at radius 3 is 1.97 bits per heavy atom. The van der Waals surface area contributed by atoms with Gasteiger partial charge in [-0.2, -0.15) is 5.26 Å². The Hall–Kier alpha value is -3.49. The zero-order valence-corrected chi connectivity index (χ0v) is 22.9. The number of nitriles is 1. The molecule has 1 amide bonds. The molecule has 0 heterocycles. The molecule has 1 fully saturated rings. The van der Waals surface area contributed by atoms with Crippen molar-refractivity contribution in [3.05, 3.63) is 82.9 Å². The molecule has 37 heavy (non-hydrogen) atoms. The lowest BCUT2D eigenvalue weighted by atomic mass is 9.49. The van der Waals surface area contributed by atoms with Crippen LogP contribution in [0.4, 0.5) is 0 Å². The van der Waals surface area contributed by atoms with Crippen molar-refractivity contribution < 1.29 is 14.3 Å². The molecule has 0 unspecified atom stereocenters. The van der Waals surface area contributed by atoms with Crippen LogP contribution in [0.1, 0.15) is 57.5 Å². The fourth-order valence-electron chi connectivity index (χ4n) is 5.62. The minimum Gasteiger partial charge on any atom is -0.491 e. The van der Waals surface area contributed by atoms with Gasteiger partial charge in [-0.15, -0.1) is 0 Å². The first-order valence-electron chi connectivity index (χ1n) is 12.5. The molecule has 3 aromatic rings. The zero-order valence-electron chi connectivity index (χ0n) is 22.1. The van der Waals surface area contributed by atoms with E-state index >= 15 is 0 Å². The Bertz CT molecular complexity index is 1310. The summed E-state index contributed by atoms with van der Waals surface area (Å²) in [6, 6.07) is 22.7. The van der Waals surface area contributed by atoms with Crippen molar-refractivity contribution in [2.75, 3.05) is 0 Å². The fourth-order valence-corrected chi connectivity index (χ4v) is 5.84. The number of hydrogen-bond acceptors (Lipinski definition) is 4. The van der Waals surface area contributed by atoms with Crippen LogP contribution in [-0.2, 0) is 0 Å². The first kappa shape index (κ1) is 26.6. The highest BCUT2D eigenvalue weighted by molar-refractivity contribution is 6.31. The number of benzene rings is 3. The number of halogens is 1. The highest BCUT2D eigenvalue weighted by Gasteiger charge is 2.64. The van der Waals surface area contributed by atoms with E-state index in [1.807, 2.05) is 62.4 Å². The van der Waals surface area contributed by atoms with Gasteiger partial charge in [0.05, 0.1) is 16.7 Å². The maximum absolute atomic E-state index is 13.2. The van der Waals surface area contributed by atoms with Crippen molar-refractivity contribution >= 4 is 17.5 Å². The molecule has 0 atom stereocenters. The van der Waals surface area contributed by atoms with Gasteiger partial charge < -0.3 is 14.8 Å². The van der Waals surface area contributed by atoms with Gasteiger partial charge in [0.1, 0.15) is 23.7 Å². The van der Waals surface area contributed by atoms with Gasteiger partial charge >= 0.3 is 0 Å². The third-order valence-corrected chi connectivity index (χ3v) is 7.45. The summed E-state index contributed by atoms with van der Waals surface area (Å²) >= 11 is 6.19. The molecule has 1 N–H and O–H groups in total. The molecular formula is C31H33ClN2O3. The molecule has 0 aromatic heterocycles. The van der Waals surface area contributed by atoms with Gasteiger partial charge in [0.25, 0.3) is 5.91 Å². The summed E-state index contributed by atoms with van der Waals surface area (Å²) in [5.74, 6) is 1.34. The molecule has 3 aromatic carbocycles. The number of carbonyl (C=O) groups is 1. The minimum atomic E-state index is -0.320. The molecule has 0 aliphatic heterocycles. The first-order valence-corrected chi connectivity index (χ1v) is 12.9. The van der Waals surface area contributed by atoms with E-state index in [2.05, 4.69) is 39.1 Å². The van der Waals surface area contributed by atoms with Crippen molar-refractivity contribution in [1.82, 2.24) is 5.32 Å². The number of amides is 1. The van der Waals surface area contributed by atoms with Crippen LogP contribution in [-0.4, -0.2) is 24.2 Å². The van der Waals surface area contributed by atoms with Crippen LogP contribution in [0.25, 0.3) is 11.1 Å². The Morgan fingerprint density at radius 1 is 0.919 bits per heavy atom. The molecule has 0 saturated heterocycles. The molecule has 192 valence electrons. The Morgan fingerprint density at radius 2 is 1.46 bits per heavy atom. The summed E-state index contributed by atoms with van der Waals surface area (Å²) in [5, 5.41) is 12.7. The number of ether oxygens (including phenoxy) is 2. The SMILES string of the molecule is CC(C)Oc1ccc(-c2ccc(C(=O)N[C@H]3C(C)(C)[C@H](Oc4ccc(C#N)c(Cl)c4)C3(C)C)cc2)cc1. The first-order chi connectivity index (χ1) is 17.4. The maximum Gasteiger partial charge on any atom is 0.251 e. The minimum absolute atomic E-state index is 0.0977. The number of carbonyl (C=O) groups excluding carboxylic acids is 1. The standard InChI is InChI=1S/C31H33ClN2O3/c1-19(2)36-24-14-11-21(12-15-24)20-7-9-22(10-8-20)27(35)34-28-30(3,4)29(31(28,5)6)37-25-16-13-23(18-33)26(32)17-25/h7-17,19,28-29H,1-6H3,(H,34,35)/t28-,29-. The van der Waals surface area contributed by atoms with E-state index in [4.69, 9.17) is 26.3 Å². The summed E-state index contributed by atoms with van der Waals surface area (Å²) in [7, 11) is 0. The van der Waals surface area contributed by atoms with Crippen molar-refractivity contribution in [2.24, 2.45) is 10.8 Å². The van der Waals surface area contributed by atoms with Crippen molar-refractivity contribution in [3.63, 3.8) is 0 Å². The van der Waals surface area contributed by atoms with Gasteiger partial charge in [0.2, 0.25) is 0 Å². The third kappa shape index (κ3) is 5.31. The number of hydrogen-bond donors (Lipinski definition) is 1. The molecule has 1 saturated carbocycles. The molecule has 0 spiro atoms. The second-order valence-electron chi connectivity index (χ2n) is 11.1. The average molecular weight is 517 g/mol. The van der Waals surface area contributed by atoms with Gasteiger partial charge in [0, 0.05) is 28.5 Å². The molecule has 5 nitrogen and oxygen atoms in total. The second kappa shape index (κ2) is 10.1. The normalized spacial score (nSPS) is 19.4. The van der Waals surface area contributed by atoms with Crippen LogP contribution in [0.5, 0.6) is 11.5 Å². The lowest BCUT2D eigenvalue weighted by molar-refractivity contribution is -0.164. The number of rotatable bonds is 7. The fraction of sp³-hybridized carbons (Fsp3) is 0.355. The van der Waals surface area contributed by atoms with E-state index in [-0.39, 0.29) is 35.0 Å². The van der Waals surface area contributed by atoms with E-state index in [1.165, 1.54) is 0 Å². The van der Waals surface area contributed by atoms with E-state index in [1.54, 1.807) is 18.2 Å². The van der Waals surface area contributed by atoms with Crippen LogP contribution in [0.2, 0.25) is 5.02 Å². The van der Waals surface area contributed by atoms with Crippen LogP contribution in [0, 0.1) is 22.2 Å². The third-order valence-electron chi connectivity index (χ3n) is 7.14. The van der Waals surface area contributed by atoms with Crippen molar-refractivity contribution in [3.8, 4) is 28.7 Å². The summed E-state index contributed by atoms with van der Waals surface area (Å²) in [6.07, 6.45) is -0.0232. The van der Waals surface area contributed by atoms with Gasteiger partial charge in [-0.25, -0.2) is 0 Å². The smallest absolute Gasteiger partial charge is 0.251 e. The van der Waals surface area contributed by atoms with Gasteiger partial charge in [-0.3, -0.25) is 4.79 Å². The van der Waals surface area contributed by atoms with Gasteiger partial charge in [-0.1, -0.05) is 63.6 Å². The molecule has 4 rings (SSSR count). The molecular weight excluding hydrogens is 484 g/mol. The average Bonchev–Trinajstić information content (AvgIpc) is 2.85. The number of nitrogens with one attached hydrogen (secondary N) is 1. The Labute approximate surface area is 224 Å². The second-order valence-corrected chi connectivity index (χ2v) is 11.5. The molecule has 0 bridgehead atoms. The van der Waals surface area contributed by atoms with Gasteiger partial charge in [-0.05, 0) is 61.4 Å². The zero-order chi connectivity index (χ0) is 27.0. The highest BCUT2D eigenvalue weighted by Crippen LogP contribution is 2.55. The van der Waals surface area contributed by atoms with E-state index < -0.39 is 0 Å². The molecule has 6 heteroatoms. The summed E-state index contributed by atoms with van der Waals surface area (Å²) < 4.78 is 12.0. The summed E-state index contributed by atoms with van der Waals surface area (Å²) in [4.78, 5) is 13.2. The van der Waals surface area contributed by atoms with Crippen molar-refractivity contribution in [1.29, 1.82) is 5.26 Å². The highest BCUT2D eigenvalue weighted by atomic mass is 35.5. The van der Waals surface area contributed by atoms with Crippen LogP contribution >= 0.6 is 11.6 Å².